The number of hydrogen-bond donors (Lipinski definition) is 1. The summed E-state index contributed by atoms with van der Waals surface area (Å²) in [6.45, 7) is 0.474. The van der Waals surface area contributed by atoms with Crippen LogP contribution in [0.5, 0.6) is 0 Å². The number of rotatable bonds is 1. The van der Waals surface area contributed by atoms with Crippen molar-refractivity contribution >= 4 is 0 Å². The standard InChI is InChI=1S/C6H10F2O2/c7-5(8)6(9)1-3-10-4-2-6/h5,9H,1-4H2. The Bertz CT molecular complexity index is 110. The van der Waals surface area contributed by atoms with E-state index >= 15 is 0 Å². The van der Waals surface area contributed by atoms with Gasteiger partial charge in [-0.15, -0.1) is 0 Å². The predicted octanol–water partition coefficient (Wildman–Crippen LogP) is 0.793. The highest BCUT2D eigenvalue weighted by Gasteiger charge is 2.38. The Balaban J connectivity index is 2.48. The van der Waals surface area contributed by atoms with Crippen molar-refractivity contribution in [3.63, 3.8) is 0 Å². The van der Waals surface area contributed by atoms with E-state index in [-0.39, 0.29) is 26.1 Å². The fourth-order valence-electron chi connectivity index (χ4n) is 0.943. The lowest BCUT2D eigenvalue weighted by molar-refractivity contribution is -0.146. The minimum Gasteiger partial charge on any atom is -0.384 e. The highest BCUT2D eigenvalue weighted by atomic mass is 19.3. The third-order valence-corrected chi connectivity index (χ3v) is 1.76. The smallest absolute Gasteiger partial charge is 0.266 e. The van der Waals surface area contributed by atoms with Crippen LogP contribution in [-0.2, 0) is 4.74 Å². The summed E-state index contributed by atoms with van der Waals surface area (Å²) in [4.78, 5) is 0. The van der Waals surface area contributed by atoms with Crippen LogP contribution in [0.4, 0.5) is 8.78 Å². The Hall–Kier alpha value is -0.220. The summed E-state index contributed by atoms with van der Waals surface area (Å²) in [6, 6.07) is 0. The first kappa shape index (κ1) is 7.88. The van der Waals surface area contributed by atoms with Gasteiger partial charge < -0.3 is 9.84 Å². The molecular weight excluding hydrogens is 142 g/mol. The maximum Gasteiger partial charge on any atom is 0.266 e. The molecule has 1 rings (SSSR count). The molecule has 0 saturated carbocycles. The van der Waals surface area contributed by atoms with Gasteiger partial charge in [0, 0.05) is 26.1 Å². The topological polar surface area (TPSA) is 29.5 Å². The molecule has 0 aliphatic carbocycles. The third kappa shape index (κ3) is 1.44. The summed E-state index contributed by atoms with van der Waals surface area (Å²) >= 11 is 0. The first-order chi connectivity index (χ1) is 4.65. The monoisotopic (exact) mass is 152 g/mol. The molecule has 60 valence electrons. The van der Waals surface area contributed by atoms with E-state index in [9.17, 15) is 8.78 Å². The lowest BCUT2D eigenvalue weighted by Crippen LogP contribution is -2.42. The molecule has 4 heteroatoms. The number of aliphatic hydroxyl groups is 1. The number of ether oxygens (including phenoxy) is 1. The van der Waals surface area contributed by atoms with Crippen molar-refractivity contribution in [2.45, 2.75) is 24.9 Å². The molecule has 10 heavy (non-hydrogen) atoms. The van der Waals surface area contributed by atoms with Gasteiger partial charge in [0.25, 0.3) is 6.43 Å². The fraction of sp³-hybridized carbons (Fsp3) is 1.00. The van der Waals surface area contributed by atoms with Crippen LogP contribution < -0.4 is 0 Å². The summed E-state index contributed by atoms with van der Waals surface area (Å²) < 4.78 is 28.8. The second-order valence-electron chi connectivity index (χ2n) is 2.52. The molecule has 1 saturated heterocycles. The molecule has 0 spiro atoms. The molecule has 1 N–H and O–H groups in total. The van der Waals surface area contributed by atoms with Gasteiger partial charge in [-0.2, -0.15) is 0 Å². The van der Waals surface area contributed by atoms with Gasteiger partial charge in [0.05, 0.1) is 0 Å². The van der Waals surface area contributed by atoms with Crippen molar-refractivity contribution in [1.82, 2.24) is 0 Å². The van der Waals surface area contributed by atoms with E-state index in [0.717, 1.165) is 0 Å². The van der Waals surface area contributed by atoms with Crippen molar-refractivity contribution < 1.29 is 18.6 Å². The molecule has 0 atom stereocenters. The van der Waals surface area contributed by atoms with E-state index in [1.807, 2.05) is 0 Å². The molecule has 2 nitrogen and oxygen atoms in total. The first-order valence-corrected chi connectivity index (χ1v) is 3.23. The Morgan fingerprint density at radius 3 is 2.10 bits per heavy atom. The minimum absolute atomic E-state index is 0.0463. The first-order valence-electron chi connectivity index (χ1n) is 3.23. The summed E-state index contributed by atoms with van der Waals surface area (Å²) in [5, 5.41) is 9.12. The Morgan fingerprint density at radius 1 is 1.30 bits per heavy atom. The maximum absolute atomic E-state index is 12.0. The molecule has 0 aromatic carbocycles. The third-order valence-electron chi connectivity index (χ3n) is 1.76. The van der Waals surface area contributed by atoms with Crippen LogP contribution in [-0.4, -0.2) is 30.3 Å². The molecule has 1 aliphatic rings. The normalized spacial score (nSPS) is 25.2. The van der Waals surface area contributed by atoms with Crippen LogP contribution in [0, 0.1) is 0 Å². The average molecular weight is 152 g/mol. The van der Waals surface area contributed by atoms with Crippen molar-refractivity contribution in [1.29, 1.82) is 0 Å². The SMILES string of the molecule is OC1(C(F)F)CCOCC1. The van der Waals surface area contributed by atoms with Crippen LogP contribution in [0.25, 0.3) is 0 Å². The Morgan fingerprint density at radius 2 is 1.80 bits per heavy atom. The second kappa shape index (κ2) is 2.80. The molecule has 1 fully saturated rings. The van der Waals surface area contributed by atoms with Crippen LogP contribution in [0.1, 0.15) is 12.8 Å². The lowest BCUT2D eigenvalue weighted by atomic mass is 9.95. The van der Waals surface area contributed by atoms with Gasteiger partial charge in [0.15, 0.2) is 0 Å². The maximum atomic E-state index is 12.0. The van der Waals surface area contributed by atoms with E-state index in [0.29, 0.717) is 0 Å². The number of alkyl halides is 2. The molecule has 0 bridgehead atoms. The van der Waals surface area contributed by atoms with Crippen LogP contribution in [0.3, 0.4) is 0 Å². The molecule has 0 aromatic rings. The van der Waals surface area contributed by atoms with E-state index < -0.39 is 12.0 Å². The van der Waals surface area contributed by atoms with Crippen LogP contribution in [0.15, 0.2) is 0 Å². The van der Waals surface area contributed by atoms with Crippen molar-refractivity contribution in [2.75, 3.05) is 13.2 Å². The van der Waals surface area contributed by atoms with Crippen LogP contribution in [0.2, 0.25) is 0 Å². The zero-order valence-electron chi connectivity index (χ0n) is 5.52. The summed E-state index contributed by atoms with van der Waals surface area (Å²) in [5.41, 5.74) is -1.78. The molecule has 0 aromatic heterocycles. The molecule has 0 radical (unpaired) electrons. The average Bonchev–Trinajstić information content (AvgIpc) is 1.89. The van der Waals surface area contributed by atoms with Gasteiger partial charge in [-0.1, -0.05) is 0 Å². The molecule has 1 aliphatic heterocycles. The number of hydrogen-bond acceptors (Lipinski definition) is 2. The van der Waals surface area contributed by atoms with E-state index in [1.165, 1.54) is 0 Å². The summed E-state index contributed by atoms with van der Waals surface area (Å²) in [7, 11) is 0. The lowest BCUT2D eigenvalue weighted by Gasteiger charge is -2.30. The van der Waals surface area contributed by atoms with Crippen molar-refractivity contribution in [3.05, 3.63) is 0 Å². The molecule has 0 unspecified atom stereocenters. The highest BCUT2D eigenvalue weighted by Crippen LogP contribution is 2.26. The van der Waals surface area contributed by atoms with Gasteiger partial charge in [-0.05, 0) is 0 Å². The predicted molar refractivity (Wildman–Crippen MR) is 31.0 cm³/mol. The molecule has 1 heterocycles. The highest BCUT2D eigenvalue weighted by molar-refractivity contribution is 4.83. The van der Waals surface area contributed by atoms with Gasteiger partial charge in [-0.25, -0.2) is 8.78 Å². The van der Waals surface area contributed by atoms with E-state index in [2.05, 4.69) is 0 Å². The minimum atomic E-state index is -2.64. The zero-order chi connectivity index (χ0) is 7.61. The van der Waals surface area contributed by atoms with Crippen molar-refractivity contribution in [3.8, 4) is 0 Å². The van der Waals surface area contributed by atoms with E-state index in [4.69, 9.17) is 9.84 Å². The molecule has 0 amide bonds. The quantitative estimate of drug-likeness (QED) is 0.602. The Labute approximate surface area is 57.8 Å². The summed E-state index contributed by atoms with van der Waals surface area (Å²) in [5.74, 6) is 0. The fourth-order valence-corrected chi connectivity index (χ4v) is 0.943. The second-order valence-corrected chi connectivity index (χ2v) is 2.52. The van der Waals surface area contributed by atoms with Crippen molar-refractivity contribution in [2.24, 2.45) is 0 Å². The van der Waals surface area contributed by atoms with Gasteiger partial charge in [0.1, 0.15) is 5.60 Å². The Kier molecular flexibility index (Phi) is 2.21. The zero-order valence-corrected chi connectivity index (χ0v) is 5.52. The molecular formula is C6H10F2O2. The van der Waals surface area contributed by atoms with Gasteiger partial charge in [-0.3, -0.25) is 0 Å². The number of halogens is 2. The van der Waals surface area contributed by atoms with E-state index in [1.54, 1.807) is 0 Å². The largest absolute Gasteiger partial charge is 0.384 e. The van der Waals surface area contributed by atoms with Gasteiger partial charge in [0.2, 0.25) is 0 Å². The van der Waals surface area contributed by atoms with Crippen LogP contribution >= 0.6 is 0 Å². The summed E-state index contributed by atoms with van der Waals surface area (Å²) in [6.07, 6.45) is -2.55. The van der Waals surface area contributed by atoms with Gasteiger partial charge >= 0.3 is 0 Å².